The van der Waals surface area contributed by atoms with Gasteiger partial charge in [0.25, 0.3) is 0 Å². The molecule has 2 rings (SSSR count). The summed E-state index contributed by atoms with van der Waals surface area (Å²) in [6.07, 6.45) is 0. The summed E-state index contributed by atoms with van der Waals surface area (Å²) in [4.78, 5) is 0. The van der Waals surface area contributed by atoms with E-state index in [0.29, 0.717) is 0 Å². The molecule has 0 aromatic heterocycles. The van der Waals surface area contributed by atoms with E-state index in [2.05, 4.69) is 31.9 Å². The summed E-state index contributed by atoms with van der Waals surface area (Å²) in [5.74, 6) is 0. The van der Waals surface area contributed by atoms with Crippen molar-refractivity contribution in [3.63, 3.8) is 0 Å². The minimum atomic E-state index is -0.152. The van der Waals surface area contributed by atoms with Gasteiger partial charge in [0.05, 0.1) is 6.04 Å². The fourth-order valence-electron chi connectivity index (χ4n) is 1.62. The molecular weight excluding hydrogens is 365 g/mol. The van der Waals surface area contributed by atoms with Gasteiger partial charge in [-0.05, 0) is 41.5 Å². The highest BCUT2D eigenvalue weighted by atomic mass is 79.9. The molecule has 88 valence electrons. The molecule has 0 bridgehead atoms. The van der Waals surface area contributed by atoms with E-state index >= 15 is 0 Å². The lowest BCUT2D eigenvalue weighted by atomic mass is 10.00. The zero-order chi connectivity index (χ0) is 12.4. The molecule has 2 N–H and O–H groups in total. The lowest BCUT2D eigenvalue weighted by Crippen LogP contribution is -2.11. The minimum Gasteiger partial charge on any atom is -0.320 e. The average Bonchev–Trinajstić information content (AvgIpc) is 2.28. The van der Waals surface area contributed by atoms with Crippen molar-refractivity contribution < 1.29 is 0 Å². The molecule has 0 aliphatic rings. The standard InChI is InChI=1S/C13H10Br2ClN/c14-10-5-9(6-11(15)7-10)13(17)8-1-3-12(16)4-2-8/h1-7,13H,17H2. The maximum Gasteiger partial charge on any atom is 0.0552 e. The van der Waals surface area contributed by atoms with Crippen molar-refractivity contribution in [2.75, 3.05) is 0 Å². The van der Waals surface area contributed by atoms with E-state index in [1.165, 1.54) is 0 Å². The summed E-state index contributed by atoms with van der Waals surface area (Å²) in [5, 5.41) is 0.719. The second-order valence-electron chi connectivity index (χ2n) is 3.73. The zero-order valence-electron chi connectivity index (χ0n) is 8.83. The summed E-state index contributed by atoms with van der Waals surface area (Å²) < 4.78 is 2.01. The predicted octanol–water partition coefficient (Wildman–Crippen LogP) is 4.91. The molecule has 0 saturated heterocycles. The molecule has 0 aliphatic carbocycles. The van der Waals surface area contributed by atoms with Gasteiger partial charge >= 0.3 is 0 Å². The van der Waals surface area contributed by atoms with Crippen molar-refractivity contribution in [3.8, 4) is 0 Å². The van der Waals surface area contributed by atoms with Crippen LogP contribution in [0.15, 0.2) is 51.4 Å². The normalized spacial score (nSPS) is 12.5. The van der Waals surface area contributed by atoms with E-state index in [0.717, 1.165) is 25.1 Å². The van der Waals surface area contributed by atoms with Gasteiger partial charge in [-0.3, -0.25) is 0 Å². The minimum absolute atomic E-state index is 0.152. The zero-order valence-corrected chi connectivity index (χ0v) is 12.8. The Balaban J connectivity index is 2.36. The van der Waals surface area contributed by atoms with Gasteiger partial charge in [0, 0.05) is 14.0 Å². The number of halogens is 3. The van der Waals surface area contributed by atoms with Crippen molar-refractivity contribution >= 4 is 43.5 Å². The molecule has 0 spiro atoms. The van der Waals surface area contributed by atoms with E-state index in [1.807, 2.05) is 42.5 Å². The monoisotopic (exact) mass is 373 g/mol. The fraction of sp³-hybridized carbons (Fsp3) is 0.0769. The molecule has 1 unspecified atom stereocenters. The number of nitrogens with two attached hydrogens (primary N) is 1. The third-order valence-corrected chi connectivity index (χ3v) is 3.64. The molecular formula is C13H10Br2ClN. The molecule has 0 heterocycles. The molecule has 0 saturated carbocycles. The predicted molar refractivity (Wildman–Crippen MR) is 79.3 cm³/mol. The van der Waals surface area contributed by atoms with Crippen LogP contribution < -0.4 is 5.73 Å². The SMILES string of the molecule is NC(c1ccc(Cl)cc1)c1cc(Br)cc(Br)c1. The Labute approximate surface area is 122 Å². The highest BCUT2D eigenvalue weighted by Crippen LogP contribution is 2.27. The van der Waals surface area contributed by atoms with Crippen LogP contribution in [-0.4, -0.2) is 0 Å². The Morgan fingerprint density at radius 3 is 1.94 bits per heavy atom. The Bertz CT molecular complexity index is 505. The summed E-state index contributed by atoms with van der Waals surface area (Å²) in [6.45, 7) is 0. The molecule has 0 fully saturated rings. The highest BCUT2D eigenvalue weighted by Gasteiger charge is 2.10. The lowest BCUT2D eigenvalue weighted by Gasteiger charge is -2.13. The molecule has 2 aromatic rings. The Kier molecular flexibility index (Phi) is 4.26. The van der Waals surface area contributed by atoms with Gasteiger partial charge in [-0.25, -0.2) is 0 Å². The topological polar surface area (TPSA) is 26.0 Å². The van der Waals surface area contributed by atoms with E-state index in [-0.39, 0.29) is 6.04 Å². The van der Waals surface area contributed by atoms with E-state index in [9.17, 15) is 0 Å². The summed E-state index contributed by atoms with van der Waals surface area (Å²) in [5.41, 5.74) is 8.31. The second kappa shape index (κ2) is 5.53. The Morgan fingerprint density at radius 1 is 0.882 bits per heavy atom. The molecule has 2 aromatic carbocycles. The van der Waals surface area contributed by atoms with Crippen molar-refractivity contribution in [1.29, 1.82) is 0 Å². The smallest absolute Gasteiger partial charge is 0.0552 e. The van der Waals surface area contributed by atoms with Crippen LogP contribution in [0.5, 0.6) is 0 Å². The summed E-state index contributed by atoms with van der Waals surface area (Å²) in [7, 11) is 0. The molecule has 17 heavy (non-hydrogen) atoms. The third kappa shape index (κ3) is 3.32. The molecule has 0 radical (unpaired) electrons. The van der Waals surface area contributed by atoms with Gasteiger partial charge in [0.2, 0.25) is 0 Å². The first-order chi connectivity index (χ1) is 8.06. The van der Waals surface area contributed by atoms with Crippen LogP contribution in [0.1, 0.15) is 17.2 Å². The first kappa shape index (κ1) is 13.1. The van der Waals surface area contributed by atoms with Crippen LogP contribution >= 0.6 is 43.5 Å². The first-order valence-electron chi connectivity index (χ1n) is 5.03. The van der Waals surface area contributed by atoms with Crippen LogP contribution in [0, 0.1) is 0 Å². The first-order valence-corrected chi connectivity index (χ1v) is 7.00. The van der Waals surface area contributed by atoms with Crippen LogP contribution in [0.3, 0.4) is 0 Å². The maximum atomic E-state index is 6.22. The van der Waals surface area contributed by atoms with Crippen molar-refractivity contribution in [2.24, 2.45) is 5.73 Å². The lowest BCUT2D eigenvalue weighted by molar-refractivity contribution is 0.869. The Morgan fingerprint density at radius 2 is 1.41 bits per heavy atom. The molecule has 1 atom stereocenters. The van der Waals surface area contributed by atoms with Gasteiger partial charge in [0.1, 0.15) is 0 Å². The van der Waals surface area contributed by atoms with E-state index in [1.54, 1.807) is 0 Å². The van der Waals surface area contributed by atoms with Gasteiger partial charge < -0.3 is 5.73 Å². The molecule has 0 amide bonds. The number of rotatable bonds is 2. The fourth-order valence-corrected chi connectivity index (χ4v) is 3.07. The molecule has 4 heteroatoms. The van der Waals surface area contributed by atoms with Crippen molar-refractivity contribution in [1.82, 2.24) is 0 Å². The van der Waals surface area contributed by atoms with Gasteiger partial charge in [-0.1, -0.05) is 55.6 Å². The quantitative estimate of drug-likeness (QED) is 0.793. The Hall–Kier alpha value is -0.350. The third-order valence-electron chi connectivity index (χ3n) is 2.47. The maximum absolute atomic E-state index is 6.22. The van der Waals surface area contributed by atoms with E-state index < -0.39 is 0 Å². The average molecular weight is 375 g/mol. The van der Waals surface area contributed by atoms with Crippen molar-refractivity contribution in [2.45, 2.75) is 6.04 Å². The highest BCUT2D eigenvalue weighted by molar-refractivity contribution is 9.11. The molecule has 1 nitrogen and oxygen atoms in total. The summed E-state index contributed by atoms with van der Waals surface area (Å²) in [6, 6.07) is 13.5. The second-order valence-corrected chi connectivity index (χ2v) is 6.00. The number of hydrogen-bond donors (Lipinski definition) is 1. The van der Waals surface area contributed by atoms with Crippen LogP contribution in [0.2, 0.25) is 5.02 Å². The van der Waals surface area contributed by atoms with Crippen LogP contribution in [-0.2, 0) is 0 Å². The van der Waals surface area contributed by atoms with Crippen molar-refractivity contribution in [3.05, 3.63) is 67.6 Å². The van der Waals surface area contributed by atoms with E-state index in [4.69, 9.17) is 17.3 Å². The summed E-state index contributed by atoms with van der Waals surface area (Å²) >= 11 is 12.8. The van der Waals surface area contributed by atoms with Crippen LogP contribution in [0.4, 0.5) is 0 Å². The van der Waals surface area contributed by atoms with Gasteiger partial charge in [-0.15, -0.1) is 0 Å². The number of hydrogen-bond acceptors (Lipinski definition) is 1. The van der Waals surface area contributed by atoms with Gasteiger partial charge in [-0.2, -0.15) is 0 Å². The van der Waals surface area contributed by atoms with Gasteiger partial charge in [0.15, 0.2) is 0 Å². The number of benzene rings is 2. The largest absolute Gasteiger partial charge is 0.320 e. The molecule has 0 aliphatic heterocycles. The van der Waals surface area contributed by atoms with Crippen LogP contribution in [0.25, 0.3) is 0 Å².